The van der Waals surface area contributed by atoms with Gasteiger partial charge < -0.3 is 10.0 Å². The molecule has 1 aliphatic rings. The molecule has 0 bridgehead atoms. The number of nitriles is 1. The number of rotatable bonds is 1. The molecule has 1 aliphatic heterocycles. The normalized spacial score (nSPS) is 29.0. The van der Waals surface area contributed by atoms with E-state index in [2.05, 4.69) is 5.10 Å². The number of nitrogens with zero attached hydrogens (tertiary/aromatic N) is 4. The molecule has 1 unspecified atom stereocenters. The number of aliphatic hydroxyl groups is 1. The number of likely N-dealkylation sites (N-methyl/N-ethyl adjacent to an activating group) is 1. The van der Waals surface area contributed by atoms with Gasteiger partial charge in [0.05, 0.1) is 5.57 Å². The first kappa shape index (κ1) is 10.5. The van der Waals surface area contributed by atoms with Gasteiger partial charge in [-0.3, -0.25) is 10.7 Å². The molecule has 0 aliphatic carbocycles. The van der Waals surface area contributed by atoms with Crippen molar-refractivity contribution in [2.45, 2.75) is 5.85 Å². The fourth-order valence-electron chi connectivity index (χ4n) is 1.13. The zero-order valence-corrected chi connectivity index (χ0v) is 8.39. The van der Waals surface area contributed by atoms with Crippen LogP contribution in [0.2, 0.25) is 0 Å². The Hall–Kier alpha value is -1.58. The average molecular weight is 195 g/mol. The Labute approximate surface area is 82.5 Å². The van der Waals surface area contributed by atoms with Crippen molar-refractivity contribution in [1.82, 2.24) is 9.91 Å². The molecule has 0 saturated carbocycles. The van der Waals surface area contributed by atoms with Crippen molar-refractivity contribution >= 4 is 5.71 Å². The van der Waals surface area contributed by atoms with Crippen molar-refractivity contribution in [2.24, 2.45) is 10.8 Å². The summed E-state index contributed by atoms with van der Waals surface area (Å²) in [6.07, 6.45) is 1.57. The van der Waals surface area contributed by atoms with Crippen LogP contribution in [0.5, 0.6) is 0 Å². The van der Waals surface area contributed by atoms with Crippen molar-refractivity contribution in [3.05, 3.63) is 11.8 Å². The highest BCUT2D eigenvalue weighted by Crippen LogP contribution is 2.23. The van der Waals surface area contributed by atoms with Crippen LogP contribution >= 0.6 is 0 Å². The van der Waals surface area contributed by atoms with Crippen LogP contribution in [0.1, 0.15) is 0 Å². The molecule has 0 saturated heterocycles. The molecule has 0 fully saturated rings. The Morgan fingerprint density at radius 1 is 1.71 bits per heavy atom. The molecule has 0 spiro atoms. The summed E-state index contributed by atoms with van der Waals surface area (Å²) in [5, 5.41) is 23.5. The van der Waals surface area contributed by atoms with Crippen LogP contribution in [0, 0.1) is 11.3 Å². The monoisotopic (exact) mass is 195 g/mol. The standard InChI is InChI=1S/C8H13N5O/c1-12(2)5-6-7(4-9)11-13(3)8(6,10)14/h5,14H,10H2,1-3H3. The van der Waals surface area contributed by atoms with E-state index in [4.69, 9.17) is 11.0 Å². The van der Waals surface area contributed by atoms with Gasteiger partial charge in [0.25, 0.3) is 0 Å². The zero-order chi connectivity index (χ0) is 10.9. The van der Waals surface area contributed by atoms with Gasteiger partial charge in [-0.15, -0.1) is 0 Å². The molecule has 0 aromatic heterocycles. The van der Waals surface area contributed by atoms with Crippen molar-refractivity contribution in [2.75, 3.05) is 21.1 Å². The first-order valence-corrected chi connectivity index (χ1v) is 4.02. The van der Waals surface area contributed by atoms with Gasteiger partial charge in [0.2, 0.25) is 5.85 Å². The molecule has 0 radical (unpaired) electrons. The summed E-state index contributed by atoms with van der Waals surface area (Å²) >= 11 is 0. The van der Waals surface area contributed by atoms with Crippen molar-refractivity contribution in [3.8, 4) is 6.07 Å². The molecular formula is C8H13N5O. The third-order valence-electron chi connectivity index (χ3n) is 1.89. The van der Waals surface area contributed by atoms with Gasteiger partial charge in [0, 0.05) is 27.3 Å². The van der Waals surface area contributed by atoms with Gasteiger partial charge in [-0.05, 0) is 0 Å². The van der Waals surface area contributed by atoms with E-state index in [-0.39, 0.29) is 5.71 Å². The van der Waals surface area contributed by atoms with E-state index in [0.717, 1.165) is 5.01 Å². The van der Waals surface area contributed by atoms with Crippen molar-refractivity contribution < 1.29 is 5.11 Å². The predicted molar refractivity (Wildman–Crippen MR) is 51.7 cm³/mol. The van der Waals surface area contributed by atoms with E-state index >= 15 is 0 Å². The van der Waals surface area contributed by atoms with Crippen LogP contribution in [-0.4, -0.2) is 47.7 Å². The Kier molecular flexibility index (Phi) is 2.47. The summed E-state index contributed by atoms with van der Waals surface area (Å²) in [4.78, 5) is 1.69. The fourth-order valence-corrected chi connectivity index (χ4v) is 1.13. The Balaban J connectivity index is 3.15. The molecule has 76 valence electrons. The lowest BCUT2D eigenvalue weighted by molar-refractivity contribution is -0.0429. The van der Waals surface area contributed by atoms with Gasteiger partial charge >= 0.3 is 0 Å². The van der Waals surface area contributed by atoms with Crippen LogP contribution in [0.4, 0.5) is 0 Å². The second kappa shape index (κ2) is 3.29. The molecule has 14 heavy (non-hydrogen) atoms. The highest BCUT2D eigenvalue weighted by Gasteiger charge is 2.40. The molecule has 1 atom stereocenters. The number of hydrazone groups is 1. The number of hydrogen-bond acceptors (Lipinski definition) is 6. The van der Waals surface area contributed by atoms with Crippen LogP contribution in [0.15, 0.2) is 16.9 Å². The Morgan fingerprint density at radius 3 is 2.71 bits per heavy atom. The first-order valence-electron chi connectivity index (χ1n) is 4.02. The minimum Gasteiger partial charge on any atom is -0.383 e. The SMILES string of the molecule is CN(C)C=C1C(C#N)=NN(C)C1(N)O. The van der Waals surface area contributed by atoms with Gasteiger partial charge in [-0.1, -0.05) is 0 Å². The minimum atomic E-state index is -1.70. The maximum absolute atomic E-state index is 9.82. The molecule has 1 heterocycles. The maximum atomic E-state index is 9.82. The average Bonchev–Trinajstić information content (AvgIpc) is 2.28. The van der Waals surface area contributed by atoms with Crippen molar-refractivity contribution in [1.29, 1.82) is 5.26 Å². The largest absolute Gasteiger partial charge is 0.383 e. The molecule has 6 nitrogen and oxygen atoms in total. The Bertz CT molecular complexity index is 336. The summed E-state index contributed by atoms with van der Waals surface area (Å²) in [5.41, 5.74) is 6.03. The molecule has 6 heteroatoms. The Morgan fingerprint density at radius 2 is 2.29 bits per heavy atom. The molecule has 0 amide bonds. The van der Waals surface area contributed by atoms with Crippen LogP contribution in [-0.2, 0) is 0 Å². The van der Waals surface area contributed by atoms with E-state index in [1.165, 1.54) is 7.05 Å². The lowest BCUT2D eigenvalue weighted by Crippen LogP contribution is -2.51. The first-order chi connectivity index (χ1) is 6.39. The van der Waals surface area contributed by atoms with Gasteiger partial charge in [-0.25, -0.2) is 0 Å². The van der Waals surface area contributed by atoms with E-state index in [1.807, 2.05) is 6.07 Å². The number of hydrogen-bond donors (Lipinski definition) is 2. The zero-order valence-electron chi connectivity index (χ0n) is 8.39. The summed E-state index contributed by atoms with van der Waals surface area (Å²) in [6.45, 7) is 0. The highest BCUT2D eigenvalue weighted by molar-refractivity contribution is 6.13. The van der Waals surface area contributed by atoms with Crippen LogP contribution in [0.25, 0.3) is 0 Å². The summed E-state index contributed by atoms with van der Waals surface area (Å²) < 4.78 is 0. The lowest BCUT2D eigenvalue weighted by Gasteiger charge is -2.26. The lowest BCUT2D eigenvalue weighted by atomic mass is 10.1. The van der Waals surface area contributed by atoms with Gasteiger partial charge in [0.1, 0.15) is 6.07 Å². The summed E-state index contributed by atoms with van der Waals surface area (Å²) in [5.74, 6) is -1.70. The van der Waals surface area contributed by atoms with E-state index in [9.17, 15) is 5.11 Å². The molecule has 1 rings (SSSR count). The molecular weight excluding hydrogens is 182 g/mol. The molecule has 3 N–H and O–H groups in total. The second-order valence-electron chi connectivity index (χ2n) is 3.32. The minimum absolute atomic E-state index is 0.131. The smallest absolute Gasteiger partial charge is 0.239 e. The summed E-state index contributed by atoms with van der Waals surface area (Å²) in [7, 11) is 5.06. The quantitative estimate of drug-likeness (QED) is 0.516. The van der Waals surface area contributed by atoms with Crippen LogP contribution in [0.3, 0.4) is 0 Å². The van der Waals surface area contributed by atoms with Gasteiger partial charge in [0.15, 0.2) is 5.71 Å². The molecule has 0 aromatic carbocycles. The van der Waals surface area contributed by atoms with Gasteiger partial charge in [-0.2, -0.15) is 10.4 Å². The fraction of sp³-hybridized carbons (Fsp3) is 0.500. The third kappa shape index (κ3) is 1.55. The predicted octanol–water partition coefficient (Wildman–Crippen LogP) is -1.14. The van der Waals surface area contributed by atoms with Crippen molar-refractivity contribution in [3.63, 3.8) is 0 Å². The summed E-state index contributed by atoms with van der Waals surface area (Å²) in [6, 6.07) is 1.88. The highest BCUT2D eigenvalue weighted by atomic mass is 16.3. The third-order valence-corrected chi connectivity index (χ3v) is 1.89. The van der Waals surface area contributed by atoms with E-state index in [1.54, 1.807) is 25.2 Å². The topological polar surface area (TPSA) is 88.9 Å². The van der Waals surface area contributed by atoms with E-state index < -0.39 is 5.85 Å². The number of nitrogens with two attached hydrogens (primary N) is 1. The van der Waals surface area contributed by atoms with Crippen LogP contribution < -0.4 is 5.73 Å². The molecule has 0 aromatic rings. The second-order valence-corrected chi connectivity index (χ2v) is 3.32. The maximum Gasteiger partial charge on any atom is 0.239 e. The van der Waals surface area contributed by atoms with E-state index in [0.29, 0.717) is 5.57 Å².